The maximum absolute atomic E-state index is 9.45. The van der Waals surface area contributed by atoms with Crippen molar-refractivity contribution in [1.82, 2.24) is 5.32 Å². The van der Waals surface area contributed by atoms with Crippen LogP contribution in [0.25, 0.3) is 0 Å². The zero-order chi connectivity index (χ0) is 5.70. The second-order valence-corrected chi connectivity index (χ2v) is 1.02. The fourth-order valence-electron chi connectivity index (χ4n) is 0.152. The normalized spacial score (nSPS) is 7.43. The van der Waals surface area contributed by atoms with E-state index in [1.54, 1.807) is 0 Å². The monoisotopic (exact) mass is 101 g/mol. The standard InChI is InChI=1S/C3H7N3O/c4-3(5)1-6-2-7/h2H,1H2,(H3,4,5)(H,6,7). The van der Waals surface area contributed by atoms with E-state index in [1.807, 2.05) is 0 Å². The number of carbonyl (C=O) groups is 1. The van der Waals surface area contributed by atoms with Gasteiger partial charge < -0.3 is 11.1 Å². The molecular formula is C3H7N3O. The molecular weight excluding hydrogens is 94.1 g/mol. The zero-order valence-electron chi connectivity index (χ0n) is 3.77. The summed E-state index contributed by atoms with van der Waals surface area (Å²) >= 11 is 0. The van der Waals surface area contributed by atoms with Gasteiger partial charge in [-0.2, -0.15) is 0 Å². The summed E-state index contributed by atoms with van der Waals surface area (Å²) in [5.74, 6) is -0.0351. The van der Waals surface area contributed by atoms with Crippen molar-refractivity contribution < 1.29 is 4.79 Å². The molecule has 0 atom stereocenters. The second-order valence-electron chi connectivity index (χ2n) is 1.02. The molecule has 0 unspecified atom stereocenters. The molecule has 0 rings (SSSR count). The Kier molecular flexibility index (Phi) is 2.67. The predicted molar refractivity (Wildman–Crippen MR) is 26.0 cm³/mol. The third kappa shape index (κ3) is 4.94. The Labute approximate surface area is 41.2 Å². The van der Waals surface area contributed by atoms with Gasteiger partial charge in [-0.3, -0.25) is 10.2 Å². The van der Waals surface area contributed by atoms with Crippen LogP contribution in [0.2, 0.25) is 0 Å². The lowest BCUT2D eigenvalue weighted by Crippen LogP contribution is -2.26. The Morgan fingerprint density at radius 1 is 2.00 bits per heavy atom. The highest BCUT2D eigenvalue weighted by molar-refractivity contribution is 5.80. The minimum Gasteiger partial charge on any atom is -0.386 e. The third-order valence-corrected chi connectivity index (χ3v) is 0.376. The summed E-state index contributed by atoms with van der Waals surface area (Å²) in [4.78, 5) is 9.45. The summed E-state index contributed by atoms with van der Waals surface area (Å²) in [6.07, 6.45) is 0.501. The zero-order valence-corrected chi connectivity index (χ0v) is 3.77. The van der Waals surface area contributed by atoms with Gasteiger partial charge in [-0.1, -0.05) is 0 Å². The number of carbonyl (C=O) groups excluding carboxylic acids is 1. The van der Waals surface area contributed by atoms with E-state index in [2.05, 4.69) is 5.32 Å². The Balaban J connectivity index is 2.97. The third-order valence-electron chi connectivity index (χ3n) is 0.376. The van der Waals surface area contributed by atoms with Crippen molar-refractivity contribution in [3.63, 3.8) is 0 Å². The van der Waals surface area contributed by atoms with Crippen molar-refractivity contribution >= 4 is 12.2 Å². The maximum atomic E-state index is 9.45. The molecule has 4 nitrogen and oxygen atoms in total. The maximum Gasteiger partial charge on any atom is 0.207 e. The SMILES string of the molecule is N=C(N)CNC=O. The summed E-state index contributed by atoms with van der Waals surface area (Å²) in [5.41, 5.74) is 4.84. The fraction of sp³-hybridized carbons (Fsp3) is 0.333. The van der Waals surface area contributed by atoms with E-state index < -0.39 is 0 Å². The lowest BCUT2D eigenvalue weighted by molar-refractivity contribution is -0.109. The molecule has 0 aliphatic rings. The Hall–Kier alpha value is -1.06. The van der Waals surface area contributed by atoms with E-state index in [0.29, 0.717) is 6.41 Å². The molecule has 0 radical (unpaired) electrons. The van der Waals surface area contributed by atoms with Crippen LogP contribution in [0, 0.1) is 5.41 Å². The molecule has 0 saturated heterocycles. The van der Waals surface area contributed by atoms with Gasteiger partial charge in [-0.25, -0.2) is 0 Å². The van der Waals surface area contributed by atoms with Gasteiger partial charge in [-0.05, 0) is 0 Å². The minimum absolute atomic E-state index is 0.0351. The van der Waals surface area contributed by atoms with Crippen molar-refractivity contribution in [3.05, 3.63) is 0 Å². The molecule has 0 aromatic rings. The van der Waals surface area contributed by atoms with Gasteiger partial charge >= 0.3 is 0 Å². The fourth-order valence-corrected chi connectivity index (χ4v) is 0.152. The quantitative estimate of drug-likeness (QED) is 0.234. The highest BCUT2D eigenvalue weighted by atomic mass is 16.1. The van der Waals surface area contributed by atoms with Gasteiger partial charge in [0, 0.05) is 0 Å². The van der Waals surface area contributed by atoms with E-state index in [9.17, 15) is 4.79 Å². The van der Waals surface area contributed by atoms with Gasteiger partial charge in [0.2, 0.25) is 6.41 Å². The van der Waals surface area contributed by atoms with Crippen LogP contribution in [0.4, 0.5) is 0 Å². The molecule has 7 heavy (non-hydrogen) atoms. The van der Waals surface area contributed by atoms with E-state index in [4.69, 9.17) is 11.1 Å². The van der Waals surface area contributed by atoms with Gasteiger partial charge in [0.15, 0.2) is 0 Å². The molecule has 4 N–H and O–H groups in total. The highest BCUT2D eigenvalue weighted by Gasteiger charge is 1.80. The second kappa shape index (κ2) is 3.14. The van der Waals surface area contributed by atoms with Crippen LogP contribution in [0.5, 0.6) is 0 Å². The number of hydrogen-bond acceptors (Lipinski definition) is 2. The first-order valence-electron chi connectivity index (χ1n) is 1.77. The molecule has 0 heterocycles. The Bertz CT molecular complexity index is 80.2. The number of amides is 1. The first-order chi connectivity index (χ1) is 3.27. The van der Waals surface area contributed by atoms with Crippen LogP contribution in [-0.2, 0) is 4.79 Å². The van der Waals surface area contributed by atoms with Gasteiger partial charge in [-0.15, -0.1) is 0 Å². The molecule has 0 aliphatic carbocycles. The van der Waals surface area contributed by atoms with Crippen LogP contribution in [0.15, 0.2) is 0 Å². The number of rotatable bonds is 3. The minimum atomic E-state index is -0.0351. The molecule has 0 bridgehead atoms. The van der Waals surface area contributed by atoms with Crippen LogP contribution < -0.4 is 11.1 Å². The molecule has 0 aromatic carbocycles. The smallest absolute Gasteiger partial charge is 0.207 e. The molecule has 0 fully saturated rings. The van der Waals surface area contributed by atoms with Gasteiger partial charge in [0.05, 0.1) is 6.54 Å². The van der Waals surface area contributed by atoms with Crippen molar-refractivity contribution in [2.75, 3.05) is 6.54 Å². The molecule has 0 saturated carbocycles. The van der Waals surface area contributed by atoms with Gasteiger partial charge in [0.1, 0.15) is 5.84 Å². The average Bonchev–Trinajstić information content (AvgIpc) is 1.61. The van der Waals surface area contributed by atoms with Gasteiger partial charge in [0.25, 0.3) is 0 Å². The lowest BCUT2D eigenvalue weighted by atomic mass is 10.6. The van der Waals surface area contributed by atoms with E-state index in [-0.39, 0.29) is 12.4 Å². The van der Waals surface area contributed by atoms with Crippen LogP contribution in [0.1, 0.15) is 0 Å². The van der Waals surface area contributed by atoms with Crippen LogP contribution in [-0.4, -0.2) is 18.8 Å². The highest BCUT2D eigenvalue weighted by Crippen LogP contribution is 1.48. The first kappa shape index (κ1) is 5.94. The molecule has 40 valence electrons. The van der Waals surface area contributed by atoms with Crippen molar-refractivity contribution in [2.45, 2.75) is 0 Å². The Morgan fingerprint density at radius 2 is 2.57 bits per heavy atom. The number of amidine groups is 1. The summed E-state index contributed by atoms with van der Waals surface area (Å²) in [7, 11) is 0. The van der Waals surface area contributed by atoms with Crippen LogP contribution in [0.3, 0.4) is 0 Å². The summed E-state index contributed by atoms with van der Waals surface area (Å²) in [6.45, 7) is 0.142. The summed E-state index contributed by atoms with van der Waals surface area (Å²) < 4.78 is 0. The number of hydrogen-bond donors (Lipinski definition) is 3. The first-order valence-corrected chi connectivity index (χ1v) is 1.77. The Morgan fingerprint density at radius 3 is 2.71 bits per heavy atom. The molecule has 4 heteroatoms. The topological polar surface area (TPSA) is 79.0 Å². The predicted octanol–water partition coefficient (Wildman–Crippen LogP) is -1.33. The average molecular weight is 101 g/mol. The van der Waals surface area contributed by atoms with Crippen molar-refractivity contribution in [3.8, 4) is 0 Å². The van der Waals surface area contributed by atoms with E-state index in [0.717, 1.165) is 0 Å². The van der Waals surface area contributed by atoms with Crippen molar-refractivity contribution in [2.24, 2.45) is 5.73 Å². The molecule has 0 aromatic heterocycles. The molecule has 0 spiro atoms. The van der Waals surface area contributed by atoms with Crippen molar-refractivity contribution in [1.29, 1.82) is 5.41 Å². The lowest BCUT2D eigenvalue weighted by Gasteiger charge is -1.90. The van der Waals surface area contributed by atoms with E-state index >= 15 is 0 Å². The van der Waals surface area contributed by atoms with E-state index in [1.165, 1.54) is 0 Å². The summed E-state index contributed by atoms with van der Waals surface area (Å²) in [5, 5.41) is 8.77. The number of nitrogens with one attached hydrogen (secondary N) is 2. The molecule has 0 aliphatic heterocycles. The van der Waals surface area contributed by atoms with Crippen LogP contribution >= 0.6 is 0 Å². The summed E-state index contributed by atoms with van der Waals surface area (Å²) in [6, 6.07) is 0. The number of nitrogens with two attached hydrogens (primary N) is 1. The molecule has 1 amide bonds. The largest absolute Gasteiger partial charge is 0.386 e.